The predicted octanol–water partition coefficient (Wildman–Crippen LogP) is 4.09. The van der Waals surface area contributed by atoms with E-state index in [2.05, 4.69) is 6.92 Å². The van der Waals surface area contributed by atoms with Gasteiger partial charge in [0, 0.05) is 6.07 Å². The lowest BCUT2D eigenvalue weighted by molar-refractivity contribution is 0.0494. The summed E-state index contributed by atoms with van der Waals surface area (Å²) in [5.74, 6) is -2.84. The van der Waals surface area contributed by atoms with E-state index >= 15 is 0 Å². The maximum absolute atomic E-state index is 13.1. The van der Waals surface area contributed by atoms with Gasteiger partial charge in [-0.2, -0.15) is 0 Å². The second-order valence-electron chi connectivity index (χ2n) is 6.77. The van der Waals surface area contributed by atoms with Crippen molar-refractivity contribution in [1.29, 1.82) is 0 Å². The van der Waals surface area contributed by atoms with E-state index < -0.39 is 23.3 Å². The van der Waals surface area contributed by atoms with Crippen LogP contribution >= 0.6 is 0 Å². The molecule has 7 heteroatoms. The van der Waals surface area contributed by atoms with Crippen molar-refractivity contribution in [3.8, 4) is 23.0 Å². The van der Waals surface area contributed by atoms with Gasteiger partial charge in [-0.3, -0.25) is 4.79 Å². The summed E-state index contributed by atoms with van der Waals surface area (Å²) in [6, 6.07) is 4.93. The van der Waals surface area contributed by atoms with Gasteiger partial charge in [0.05, 0.1) is 24.8 Å². The number of unbranched alkanes of at least 4 members (excludes halogenated alkanes) is 3. The van der Waals surface area contributed by atoms with E-state index in [1.54, 1.807) is 6.92 Å². The van der Waals surface area contributed by atoms with E-state index in [1.807, 2.05) is 0 Å². The molecule has 3 N–H and O–H groups in total. The van der Waals surface area contributed by atoms with Gasteiger partial charge in [0.2, 0.25) is 5.78 Å². The molecule has 0 aromatic heterocycles. The third-order valence-electron chi connectivity index (χ3n) is 4.45. The number of phenolic OH excluding ortho intramolecular Hbond substituents is 3. The van der Waals surface area contributed by atoms with E-state index in [1.165, 1.54) is 25.3 Å². The molecule has 0 aliphatic rings. The Bertz CT molecular complexity index is 879. The molecule has 0 spiro atoms. The monoisotopic (exact) mass is 402 g/mol. The van der Waals surface area contributed by atoms with Gasteiger partial charge in [-0.05, 0) is 37.1 Å². The molecule has 0 heterocycles. The first-order valence-corrected chi connectivity index (χ1v) is 9.45. The lowest BCUT2D eigenvalue weighted by atomic mass is 9.95. The molecule has 7 nitrogen and oxygen atoms in total. The van der Waals surface area contributed by atoms with Gasteiger partial charge in [-0.25, -0.2) is 4.79 Å². The molecule has 0 fully saturated rings. The summed E-state index contributed by atoms with van der Waals surface area (Å²) in [4.78, 5) is 25.8. The van der Waals surface area contributed by atoms with Crippen LogP contribution < -0.4 is 4.74 Å². The molecule has 156 valence electrons. The highest BCUT2D eigenvalue weighted by molar-refractivity contribution is 6.18. The first-order chi connectivity index (χ1) is 13.8. The second kappa shape index (κ2) is 9.82. The van der Waals surface area contributed by atoms with Crippen LogP contribution in [0.3, 0.4) is 0 Å². The van der Waals surface area contributed by atoms with E-state index in [-0.39, 0.29) is 34.8 Å². The van der Waals surface area contributed by atoms with Crippen molar-refractivity contribution in [3.63, 3.8) is 0 Å². The zero-order chi connectivity index (χ0) is 21.6. The number of aryl methyl sites for hydroxylation is 1. The number of carbonyl (C=O) groups excluding carboxylic acids is 2. The Labute approximate surface area is 169 Å². The van der Waals surface area contributed by atoms with Gasteiger partial charge >= 0.3 is 5.97 Å². The highest BCUT2D eigenvalue weighted by Gasteiger charge is 2.29. The molecule has 2 aromatic carbocycles. The smallest absolute Gasteiger partial charge is 0.339 e. The molecular weight excluding hydrogens is 376 g/mol. The van der Waals surface area contributed by atoms with Crippen LogP contribution in [0.5, 0.6) is 23.0 Å². The third kappa shape index (κ3) is 5.19. The lowest BCUT2D eigenvalue weighted by Crippen LogP contribution is -2.15. The Morgan fingerprint density at radius 1 is 0.931 bits per heavy atom. The molecular formula is C22H26O7. The number of ketones is 1. The van der Waals surface area contributed by atoms with Crippen LogP contribution in [0, 0.1) is 6.92 Å². The van der Waals surface area contributed by atoms with Gasteiger partial charge in [-0.15, -0.1) is 0 Å². The maximum Gasteiger partial charge on any atom is 0.339 e. The van der Waals surface area contributed by atoms with Crippen LogP contribution in [-0.4, -0.2) is 40.8 Å². The van der Waals surface area contributed by atoms with Crippen molar-refractivity contribution in [2.75, 3.05) is 13.7 Å². The van der Waals surface area contributed by atoms with Crippen molar-refractivity contribution in [2.24, 2.45) is 0 Å². The molecule has 0 aliphatic heterocycles. The number of rotatable bonds is 9. The molecule has 0 aliphatic carbocycles. The molecule has 0 saturated carbocycles. The normalized spacial score (nSPS) is 10.6. The summed E-state index contributed by atoms with van der Waals surface area (Å²) in [6.45, 7) is 3.89. The molecule has 29 heavy (non-hydrogen) atoms. The largest absolute Gasteiger partial charge is 0.508 e. The molecule has 0 saturated heterocycles. The number of ether oxygens (including phenoxy) is 2. The van der Waals surface area contributed by atoms with Crippen molar-refractivity contribution in [3.05, 3.63) is 46.5 Å². The summed E-state index contributed by atoms with van der Waals surface area (Å²) in [6.07, 6.45) is 3.65. The first-order valence-electron chi connectivity index (χ1n) is 9.45. The van der Waals surface area contributed by atoms with E-state index in [9.17, 15) is 24.9 Å². The van der Waals surface area contributed by atoms with E-state index in [0.717, 1.165) is 25.3 Å². The standard InChI is InChI=1S/C22H26O7/c1-4-5-6-7-8-29-22(27)15-11-14(23)12-18(28-3)19(15)21(26)20-16(24)9-13(2)10-17(20)25/h9-12,23-25H,4-8H2,1-3H3. The number of aromatic hydroxyl groups is 3. The number of hydrogen-bond donors (Lipinski definition) is 3. The van der Waals surface area contributed by atoms with Crippen molar-refractivity contribution < 1.29 is 34.4 Å². The molecule has 2 aromatic rings. The van der Waals surface area contributed by atoms with E-state index in [4.69, 9.17) is 9.47 Å². The lowest BCUT2D eigenvalue weighted by Gasteiger charge is -2.15. The minimum Gasteiger partial charge on any atom is -0.508 e. The quantitative estimate of drug-likeness (QED) is 0.329. The van der Waals surface area contributed by atoms with E-state index in [0.29, 0.717) is 12.0 Å². The number of methoxy groups -OCH3 is 1. The van der Waals surface area contributed by atoms with Crippen LogP contribution in [0.2, 0.25) is 0 Å². The molecule has 0 radical (unpaired) electrons. The third-order valence-corrected chi connectivity index (χ3v) is 4.45. The number of hydrogen-bond acceptors (Lipinski definition) is 7. The Morgan fingerprint density at radius 3 is 2.17 bits per heavy atom. The SMILES string of the molecule is CCCCCCOC(=O)c1cc(O)cc(OC)c1C(=O)c1c(O)cc(C)cc1O. The summed E-state index contributed by atoms with van der Waals surface area (Å²) < 4.78 is 10.4. The molecule has 0 unspecified atom stereocenters. The minimum absolute atomic E-state index is 0.0766. The number of esters is 1. The average Bonchev–Trinajstić information content (AvgIpc) is 2.65. The second-order valence-corrected chi connectivity index (χ2v) is 6.77. The Balaban J connectivity index is 2.45. The van der Waals surface area contributed by atoms with Crippen molar-refractivity contribution in [1.82, 2.24) is 0 Å². The predicted molar refractivity (Wildman–Crippen MR) is 107 cm³/mol. The fourth-order valence-electron chi connectivity index (χ4n) is 3.03. The summed E-state index contributed by atoms with van der Waals surface area (Å²) in [7, 11) is 1.28. The number of benzene rings is 2. The molecule has 0 atom stereocenters. The van der Waals surface area contributed by atoms with Crippen LogP contribution in [0.25, 0.3) is 0 Å². The number of phenols is 3. The summed E-state index contributed by atoms with van der Waals surface area (Å²) in [5.41, 5.74) is -0.224. The Kier molecular flexibility index (Phi) is 7.47. The van der Waals surface area contributed by atoms with Crippen LogP contribution in [0.15, 0.2) is 24.3 Å². The first kappa shape index (κ1) is 22.1. The maximum atomic E-state index is 13.1. The zero-order valence-electron chi connectivity index (χ0n) is 16.8. The molecule has 0 amide bonds. The Morgan fingerprint density at radius 2 is 1.59 bits per heavy atom. The van der Waals surface area contributed by atoms with Crippen LogP contribution in [-0.2, 0) is 4.74 Å². The number of carbonyl (C=O) groups is 2. The summed E-state index contributed by atoms with van der Waals surface area (Å²) >= 11 is 0. The van der Waals surface area contributed by atoms with Gasteiger partial charge in [0.15, 0.2) is 0 Å². The van der Waals surface area contributed by atoms with Gasteiger partial charge in [-0.1, -0.05) is 26.2 Å². The van der Waals surface area contributed by atoms with Crippen molar-refractivity contribution >= 4 is 11.8 Å². The minimum atomic E-state index is -0.824. The van der Waals surface area contributed by atoms with Gasteiger partial charge in [0.25, 0.3) is 0 Å². The highest BCUT2D eigenvalue weighted by Crippen LogP contribution is 2.36. The average molecular weight is 402 g/mol. The van der Waals surface area contributed by atoms with Crippen LogP contribution in [0.4, 0.5) is 0 Å². The van der Waals surface area contributed by atoms with Gasteiger partial charge in [0.1, 0.15) is 28.6 Å². The fraction of sp³-hybridized carbons (Fsp3) is 0.364. The zero-order valence-corrected chi connectivity index (χ0v) is 16.8. The topological polar surface area (TPSA) is 113 Å². The van der Waals surface area contributed by atoms with Gasteiger partial charge < -0.3 is 24.8 Å². The molecule has 0 bridgehead atoms. The van der Waals surface area contributed by atoms with Crippen molar-refractivity contribution in [2.45, 2.75) is 39.5 Å². The van der Waals surface area contributed by atoms with Crippen LogP contribution in [0.1, 0.15) is 64.4 Å². The summed E-state index contributed by atoms with van der Waals surface area (Å²) in [5, 5.41) is 30.3. The molecule has 2 rings (SSSR count). The highest BCUT2D eigenvalue weighted by atomic mass is 16.5. The fourth-order valence-corrected chi connectivity index (χ4v) is 3.03. The Hall–Kier alpha value is -3.22.